The highest BCUT2D eigenvalue weighted by Crippen LogP contribution is 2.28. The summed E-state index contributed by atoms with van der Waals surface area (Å²) >= 11 is 1.62. The van der Waals surface area contributed by atoms with Crippen LogP contribution >= 0.6 is 11.3 Å². The third kappa shape index (κ3) is 3.76. The smallest absolute Gasteiger partial charge is 0.308 e. The molecule has 0 radical (unpaired) electrons. The monoisotopic (exact) mass is 346 g/mol. The fourth-order valence-electron chi connectivity index (χ4n) is 3.12. The third-order valence-corrected chi connectivity index (χ3v) is 5.29. The van der Waals surface area contributed by atoms with Crippen LogP contribution in [-0.2, 0) is 11.3 Å². The topological polar surface area (TPSA) is 62.7 Å². The lowest BCUT2D eigenvalue weighted by Gasteiger charge is -2.13. The van der Waals surface area contributed by atoms with Gasteiger partial charge in [-0.3, -0.25) is 9.69 Å². The van der Waals surface area contributed by atoms with Crippen LogP contribution in [0.1, 0.15) is 19.5 Å². The summed E-state index contributed by atoms with van der Waals surface area (Å²) in [7, 11) is 0. The first-order valence-electron chi connectivity index (χ1n) is 8.19. The molecular weight excluding hydrogens is 324 g/mol. The standard InChI is InChI=1S/C18H22N2O3S/c1-3-23-15-6-4-13(5-7-15)17-19-14(11-24-17)9-20-8-12(2)16(10-20)18(21)22/h4-7,11-12,16H,3,8-10H2,1-2H3,(H,21,22)/t12-,16-/m1/s1. The summed E-state index contributed by atoms with van der Waals surface area (Å²) < 4.78 is 5.46. The molecule has 0 aliphatic carbocycles. The van der Waals surface area contributed by atoms with Crippen molar-refractivity contribution in [2.24, 2.45) is 11.8 Å². The Morgan fingerprint density at radius 1 is 1.38 bits per heavy atom. The number of rotatable bonds is 6. The quantitative estimate of drug-likeness (QED) is 0.869. The second-order valence-corrected chi connectivity index (χ2v) is 7.08. The Hall–Kier alpha value is -1.92. The first-order chi connectivity index (χ1) is 11.6. The van der Waals surface area contributed by atoms with Crippen LogP contribution < -0.4 is 4.74 Å². The van der Waals surface area contributed by atoms with Crippen molar-refractivity contribution < 1.29 is 14.6 Å². The molecule has 128 valence electrons. The molecule has 2 aromatic rings. The van der Waals surface area contributed by atoms with Gasteiger partial charge < -0.3 is 9.84 Å². The van der Waals surface area contributed by atoms with Crippen LogP contribution in [0.5, 0.6) is 5.75 Å². The highest BCUT2D eigenvalue weighted by Gasteiger charge is 2.34. The summed E-state index contributed by atoms with van der Waals surface area (Å²) in [6.07, 6.45) is 0. The highest BCUT2D eigenvalue weighted by molar-refractivity contribution is 7.13. The van der Waals surface area contributed by atoms with Gasteiger partial charge in [0.25, 0.3) is 0 Å². The maximum atomic E-state index is 11.2. The summed E-state index contributed by atoms with van der Waals surface area (Å²) in [6.45, 7) is 6.76. The van der Waals surface area contributed by atoms with Gasteiger partial charge in [-0.1, -0.05) is 6.92 Å². The molecule has 2 atom stereocenters. The van der Waals surface area contributed by atoms with Crippen LogP contribution in [0.3, 0.4) is 0 Å². The van der Waals surface area contributed by atoms with E-state index in [4.69, 9.17) is 9.72 Å². The maximum Gasteiger partial charge on any atom is 0.308 e. The van der Waals surface area contributed by atoms with E-state index in [1.165, 1.54) is 0 Å². The number of nitrogens with zero attached hydrogens (tertiary/aromatic N) is 2. The molecule has 0 spiro atoms. The Balaban J connectivity index is 1.64. The molecule has 5 nitrogen and oxygen atoms in total. The lowest BCUT2D eigenvalue weighted by molar-refractivity contribution is -0.142. The molecule has 1 aromatic heterocycles. The lowest BCUT2D eigenvalue weighted by Crippen LogP contribution is -2.23. The van der Waals surface area contributed by atoms with Gasteiger partial charge in [0.15, 0.2) is 0 Å². The van der Waals surface area contributed by atoms with Crippen molar-refractivity contribution in [1.82, 2.24) is 9.88 Å². The molecule has 3 rings (SSSR count). The Bertz CT molecular complexity index is 699. The van der Waals surface area contributed by atoms with Crippen molar-refractivity contribution in [1.29, 1.82) is 0 Å². The first kappa shape index (κ1) is 16.9. The Kier molecular flexibility index (Phi) is 5.16. The van der Waals surface area contributed by atoms with Crippen LogP contribution in [0.2, 0.25) is 0 Å². The fourth-order valence-corrected chi connectivity index (χ4v) is 3.94. The number of aromatic nitrogens is 1. The summed E-state index contributed by atoms with van der Waals surface area (Å²) in [6, 6.07) is 7.96. The third-order valence-electron chi connectivity index (χ3n) is 4.35. The zero-order chi connectivity index (χ0) is 17.1. The predicted molar refractivity (Wildman–Crippen MR) is 94.3 cm³/mol. The van der Waals surface area contributed by atoms with E-state index >= 15 is 0 Å². The van der Waals surface area contributed by atoms with Gasteiger partial charge >= 0.3 is 5.97 Å². The molecule has 1 saturated heterocycles. The number of carboxylic acid groups (broad SMARTS) is 1. The van der Waals surface area contributed by atoms with E-state index in [9.17, 15) is 9.90 Å². The largest absolute Gasteiger partial charge is 0.494 e. The molecule has 0 saturated carbocycles. The van der Waals surface area contributed by atoms with Crippen molar-refractivity contribution in [3.8, 4) is 16.3 Å². The second kappa shape index (κ2) is 7.32. The van der Waals surface area contributed by atoms with Crippen LogP contribution in [0.4, 0.5) is 0 Å². The molecule has 1 N–H and O–H groups in total. The van der Waals surface area contributed by atoms with E-state index in [1.807, 2.05) is 38.1 Å². The zero-order valence-electron chi connectivity index (χ0n) is 13.9. The van der Waals surface area contributed by atoms with Gasteiger partial charge in [0.1, 0.15) is 10.8 Å². The van der Waals surface area contributed by atoms with Gasteiger partial charge in [-0.25, -0.2) is 4.98 Å². The molecule has 1 aliphatic heterocycles. The molecule has 0 bridgehead atoms. The number of ether oxygens (including phenoxy) is 1. The van der Waals surface area contributed by atoms with Crippen LogP contribution in [0.15, 0.2) is 29.6 Å². The van der Waals surface area contributed by atoms with Gasteiger partial charge in [-0.05, 0) is 37.1 Å². The summed E-state index contributed by atoms with van der Waals surface area (Å²) in [5, 5.41) is 12.3. The minimum atomic E-state index is -0.696. The van der Waals surface area contributed by atoms with E-state index in [0.29, 0.717) is 19.7 Å². The van der Waals surface area contributed by atoms with Gasteiger partial charge in [0.2, 0.25) is 0 Å². The number of carbonyl (C=O) groups is 1. The number of likely N-dealkylation sites (tertiary alicyclic amines) is 1. The Labute approximate surface area is 145 Å². The fraction of sp³-hybridized carbons (Fsp3) is 0.444. The minimum absolute atomic E-state index is 0.187. The summed E-state index contributed by atoms with van der Waals surface area (Å²) in [5.41, 5.74) is 2.08. The van der Waals surface area contributed by atoms with E-state index in [0.717, 1.165) is 28.6 Å². The van der Waals surface area contributed by atoms with Crippen LogP contribution in [-0.4, -0.2) is 40.7 Å². The predicted octanol–water partition coefficient (Wildman–Crippen LogP) is 3.36. The molecule has 24 heavy (non-hydrogen) atoms. The Morgan fingerprint density at radius 3 is 2.75 bits per heavy atom. The zero-order valence-corrected chi connectivity index (χ0v) is 14.8. The number of carboxylic acids is 1. The molecule has 2 heterocycles. The molecule has 0 amide bonds. The summed E-state index contributed by atoms with van der Waals surface area (Å²) in [5.74, 6) is 0.0862. The normalized spacial score (nSPS) is 21.1. The van der Waals surface area contributed by atoms with Gasteiger partial charge in [0.05, 0.1) is 18.2 Å². The van der Waals surface area contributed by atoms with E-state index < -0.39 is 5.97 Å². The molecular formula is C18H22N2O3S. The SMILES string of the molecule is CCOc1ccc(-c2nc(CN3C[C@@H](C)[C@H](C(=O)O)C3)cs2)cc1. The van der Waals surface area contributed by atoms with Crippen molar-refractivity contribution in [3.05, 3.63) is 35.3 Å². The maximum absolute atomic E-state index is 11.2. The number of hydrogen-bond donors (Lipinski definition) is 1. The van der Waals surface area contributed by atoms with Crippen molar-refractivity contribution in [3.63, 3.8) is 0 Å². The number of benzene rings is 1. The van der Waals surface area contributed by atoms with Gasteiger partial charge in [-0.2, -0.15) is 0 Å². The average Bonchev–Trinajstić information content (AvgIpc) is 3.15. The van der Waals surface area contributed by atoms with E-state index in [-0.39, 0.29) is 11.8 Å². The number of aliphatic carboxylic acids is 1. The average molecular weight is 346 g/mol. The van der Waals surface area contributed by atoms with Gasteiger partial charge in [0, 0.05) is 30.6 Å². The van der Waals surface area contributed by atoms with Crippen molar-refractivity contribution in [2.75, 3.05) is 19.7 Å². The van der Waals surface area contributed by atoms with E-state index in [1.54, 1.807) is 11.3 Å². The lowest BCUT2D eigenvalue weighted by atomic mass is 9.99. The molecule has 1 aromatic carbocycles. The van der Waals surface area contributed by atoms with Gasteiger partial charge in [-0.15, -0.1) is 11.3 Å². The molecule has 6 heteroatoms. The first-order valence-corrected chi connectivity index (χ1v) is 9.07. The number of hydrogen-bond acceptors (Lipinski definition) is 5. The molecule has 0 unspecified atom stereocenters. The molecule has 1 aliphatic rings. The summed E-state index contributed by atoms with van der Waals surface area (Å²) in [4.78, 5) is 18.1. The minimum Gasteiger partial charge on any atom is -0.494 e. The van der Waals surface area contributed by atoms with Crippen LogP contribution in [0, 0.1) is 11.8 Å². The number of thiazole rings is 1. The Morgan fingerprint density at radius 2 is 2.12 bits per heavy atom. The van der Waals surface area contributed by atoms with Crippen molar-refractivity contribution >= 4 is 17.3 Å². The van der Waals surface area contributed by atoms with Crippen molar-refractivity contribution in [2.45, 2.75) is 20.4 Å². The second-order valence-electron chi connectivity index (χ2n) is 6.22. The molecule has 1 fully saturated rings. The highest BCUT2D eigenvalue weighted by atomic mass is 32.1. The van der Waals surface area contributed by atoms with Crippen LogP contribution in [0.25, 0.3) is 10.6 Å². The van der Waals surface area contributed by atoms with E-state index in [2.05, 4.69) is 10.3 Å².